The Morgan fingerprint density at radius 1 is 0.931 bits per heavy atom. The predicted octanol–water partition coefficient (Wildman–Crippen LogP) is 7.83. The molecule has 2 aliphatic rings. The zero-order valence-corrected chi connectivity index (χ0v) is 18.6. The number of ether oxygens (including phenoxy) is 1. The van der Waals surface area contributed by atoms with Crippen molar-refractivity contribution in [1.82, 2.24) is 0 Å². The third-order valence-electron chi connectivity index (χ3n) is 7.27. The molecule has 2 aliphatic carbocycles. The van der Waals surface area contributed by atoms with E-state index >= 15 is 0 Å². The molecule has 0 heterocycles. The minimum absolute atomic E-state index is 0.0191. The topological polar surface area (TPSA) is 26.3 Å². The van der Waals surface area contributed by atoms with Crippen LogP contribution >= 0.6 is 0 Å². The molecule has 0 saturated heterocycles. The molecule has 2 fully saturated rings. The summed E-state index contributed by atoms with van der Waals surface area (Å²) in [6, 6.07) is 8.39. The summed E-state index contributed by atoms with van der Waals surface area (Å²) < 4.78 is 5.72. The maximum atomic E-state index is 12.5. The maximum Gasteiger partial charge on any atom is 0.314 e. The molecular formula is C27H40O2. The van der Waals surface area contributed by atoms with Gasteiger partial charge in [-0.3, -0.25) is 4.79 Å². The summed E-state index contributed by atoms with van der Waals surface area (Å²) in [6.45, 7) is 4.36. The van der Waals surface area contributed by atoms with Gasteiger partial charge in [-0.15, -0.1) is 0 Å². The van der Waals surface area contributed by atoms with Crippen LogP contribution in [-0.4, -0.2) is 5.97 Å². The van der Waals surface area contributed by atoms with Crippen molar-refractivity contribution in [2.45, 2.75) is 96.8 Å². The SMILES string of the molecule is CC=CCCC1CCC(c2ccc(OC(=O)C3CCC(CCC)CC3)cc2)CC1. The van der Waals surface area contributed by atoms with E-state index < -0.39 is 0 Å². The van der Waals surface area contributed by atoms with E-state index in [0.717, 1.165) is 30.4 Å². The first kappa shape index (κ1) is 22.1. The monoisotopic (exact) mass is 396 g/mol. The highest BCUT2D eigenvalue weighted by atomic mass is 16.5. The molecular weight excluding hydrogens is 356 g/mol. The Hall–Kier alpha value is -1.57. The molecule has 0 spiro atoms. The average Bonchev–Trinajstić information content (AvgIpc) is 2.76. The van der Waals surface area contributed by atoms with Gasteiger partial charge >= 0.3 is 5.97 Å². The minimum Gasteiger partial charge on any atom is -0.426 e. The molecule has 3 rings (SSSR count). The van der Waals surface area contributed by atoms with Crippen molar-refractivity contribution >= 4 is 5.97 Å². The zero-order chi connectivity index (χ0) is 20.5. The highest BCUT2D eigenvalue weighted by molar-refractivity contribution is 5.75. The Morgan fingerprint density at radius 3 is 2.17 bits per heavy atom. The number of allylic oxidation sites excluding steroid dienone is 2. The van der Waals surface area contributed by atoms with Crippen molar-refractivity contribution in [2.75, 3.05) is 0 Å². The van der Waals surface area contributed by atoms with Crippen LogP contribution in [-0.2, 0) is 4.79 Å². The summed E-state index contributed by atoms with van der Waals surface area (Å²) in [5, 5.41) is 0. The van der Waals surface area contributed by atoms with Crippen LogP contribution in [0.2, 0.25) is 0 Å². The molecule has 1 aromatic rings. The number of carbonyl (C=O) groups is 1. The van der Waals surface area contributed by atoms with E-state index in [9.17, 15) is 4.79 Å². The average molecular weight is 397 g/mol. The molecule has 0 atom stereocenters. The lowest BCUT2D eigenvalue weighted by Crippen LogP contribution is -2.25. The molecule has 0 aromatic heterocycles. The van der Waals surface area contributed by atoms with Crippen LogP contribution in [0.3, 0.4) is 0 Å². The van der Waals surface area contributed by atoms with Crippen LogP contribution in [0.1, 0.15) is 102 Å². The first-order valence-corrected chi connectivity index (χ1v) is 12.1. The molecule has 0 N–H and O–H groups in total. The molecule has 1 aromatic carbocycles. The fourth-order valence-corrected chi connectivity index (χ4v) is 5.39. The van der Waals surface area contributed by atoms with Gasteiger partial charge in [0.05, 0.1) is 5.92 Å². The molecule has 160 valence electrons. The minimum atomic E-state index is -0.0191. The van der Waals surface area contributed by atoms with Crippen molar-refractivity contribution in [1.29, 1.82) is 0 Å². The summed E-state index contributed by atoms with van der Waals surface area (Å²) in [7, 11) is 0. The Bertz CT molecular complexity index is 629. The van der Waals surface area contributed by atoms with Gasteiger partial charge in [-0.2, -0.15) is 0 Å². The number of rotatable bonds is 8. The van der Waals surface area contributed by atoms with Crippen molar-refractivity contribution in [3.8, 4) is 5.75 Å². The van der Waals surface area contributed by atoms with E-state index in [0.29, 0.717) is 5.92 Å². The van der Waals surface area contributed by atoms with Gasteiger partial charge in [-0.25, -0.2) is 0 Å². The second kappa shape index (κ2) is 11.6. The van der Waals surface area contributed by atoms with E-state index in [2.05, 4.69) is 38.1 Å². The van der Waals surface area contributed by atoms with E-state index in [4.69, 9.17) is 4.74 Å². The number of benzene rings is 1. The predicted molar refractivity (Wildman–Crippen MR) is 121 cm³/mol. The van der Waals surface area contributed by atoms with Crippen LogP contribution in [0.4, 0.5) is 0 Å². The van der Waals surface area contributed by atoms with Gasteiger partial charge in [0, 0.05) is 0 Å². The lowest BCUT2D eigenvalue weighted by atomic mass is 9.77. The van der Waals surface area contributed by atoms with Crippen molar-refractivity contribution < 1.29 is 9.53 Å². The van der Waals surface area contributed by atoms with E-state index in [-0.39, 0.29) is 11.9 Å². The van der Waals surface area contributed by atoms with Gasteiger partial charge in [-0.1, -0.05) is 44.1 Å². The summed E-state index contributed by atoms with van der Waals surface area (Å²) in [6.07, 6.45) is 19.2. The summed E-state index contributed by atoms with van der Waals surface area (Å²) >= 11 is 0. The Kier molecular flexibility index (Phi) is 8.83. The Balaban J connectivity index is 1.43. The van der Waals surface area contributed by atoms with Gasteiger partial charge in [0.2, 0.25) is 0 Å². The Labute approximate surface area is 178 Å². The van der Waals surface area contributed by atoms with Gasteiger partial charge in [-0.05, 0) is 107 Å². The number of hydrogen-bond donors (Lipinski definition) is 0. The quantitative estimate of drug-likeness (QED) is 0.254. The zero-order valence-electron chi connectivity index (χ0n) is 18.6. The second-order valence-corrected chi connectivity index (χ2v) is 9.36. The third kappa shape index (κ3) is 6.73. The highest BCUT2D eigenvalue weighted by Gasteiger charge is 2.27. The normalized spacial score (nSPS) is 27.8. The lowest BCUT2D eigenvalue weighted by molar-refractivity contribution is -0.140. The lowest BCUT2D eigenvalue weighted by Gasteiger charge is -2.29. The first-order chi connectivity index (χ1) is 14.2. The Morgan fingerprint density at radius 2 is 1.55 bits per heavy atom. The molecule has 0 unspecified atom stereocenters. The van der Waals surface area contributed by atoms with Crippen LogP contribution in [0.15, 0.2) is 36.4 Å². The van der Waals surface area contributed by atoms with Gasteiger partial charge in [0.15, 0.2) is 0 Å². The van der Waals surface area contributed by atoms with Gasteiger partial charge < -0.3 is 4.74 Å². The molecule has 2 heteroatoms. The fourth-order valence-electron chi connectivity index (χ4n) is 5.39. The van der Waals surface area contributed by atoms with Crippen molar-refractivity contribution in [2.24, 2.45) is 17.8 Å². The standard InChI is InChI=1S/C27H40O2/c1-3-5-6-8-22-9-13-23(14-10-22)24-17-19-26(20-18-24)29-27(28)25-15-11-21(7-4-2)12-16-25/h3,5,17-23,25H,4,6-16H2,1-2H3. The molecule has 0 amide bonds. The molecule has 2 saturated carbocycles. The van der Waals surface area contributed by atoms with Crippen LogP contribution in [0.5, 0.6) is 5.75 Å². The highest BCUT2D eigenvalue weighted by Crippen LogP contribution is 2.38. The van der Waals surface area contributed by atoms with Gasteiger partial charge in [0.1, 0.15) is 5.75 Å². The number of carbonyl (C=O) groups excluding carboxylic acids is 1. The number of hydrogen-bond acceptors (Lipinski definition) is 2. The van der Waals surface area contributed by atoms with Gasteiger partial charge in [0.25, 0.3) is 0 Å². The molecule has 0 bridgehead atoms. The molecule has 2 nitrogen and oxygen atoms in total. The molecule has 0 radical (unpaired) electrons. The summed E-state index contributed by atoms with van der Waals surface area (Å²) in [5.74, 6) is 3.19. The third-order valence-corrected chi connectivity index (χ3v) is 7.27. The smallest absolute Gasteiger partial charge is 0.314 e. The van der Waals surface area contributed by atoms with Crippen LogP contribution in [0.25, 0.3) is 0 Å². The van der Waals surface area contributed by atoms with Crippen LogP contribution in [0, 0.1) is 17.8 Å². The summed E-state index contributed by atoms with van der Waals surface area (Å²) in [4.78, 5) is 12.5. The number of esters is 1. The summed E-state index contributed by atoms with van der Waals surface area (Å²) in [5.41, 5.74) is 1.41. The maximum absolute atomic E-state index is 12.5. The fraction of sp³-hybridized carbons (Fsp3) is 0.667. The van der Waals surface area contributed by atoms with E-state index in [1.807, 2.05) is 12.1 Å². The van der Waals surface area contributed by atoms with Crippen molar-refractivity contribution in [3.05, 3.63) is 42.0 Å². The van der Waals surface area contributed by atoms with E-state index in [1.165, 1.54) is 69.8 Å². The van der Waals surface area contributed by atoms with Crippen molar-refractivity contribution in [3.63, 3.8) is 0 Å². The largest absolute Gasteiger partial charge is 0.426 e. The molecule has 29 heavy (non-hydrogen) atoms. The first-order valence-electron chi connectivity index (χ1n) is 12.1. The molecule has 0 aliphatic heterocycles. The van der Waals surface area contributed by atoms with Crippen LogP contribution < -0.4 is 4.74 Å². The second-order valence-electron chi connectivity index (χ2n) is 9.36. The van der Waals surface area contributed by atoms with E-state index in [1.54, 1.807) is 0 Å².